The zero-order valence-corrected chi connectivity index (χ0v) is 7.64. The van der Waals surface area contributed by atoms with E-state index in [1.807, 2.05) is 12.1 Å². The lowest BCUT2D eigenvalue weighted by atomic mass is 10.1. The molecule has 0 bridgehead atoms. The molecule has 0 aliphatic carbocycles. The molecule has 1 rings (SSSR count). The van der Waals surface area contributed by atoms with Gasteiger partial charge in [0.25, 0.3) is 0 Å². The minimum absolute atomic E-state index is 0.0208. The van der Waals surface area contributed by atoms with Crippen LogP contribution in [-0.2, 0) is 18.0 Å². The molecule has 2 nitrogen and oxygen atoms in total. The molecule has 0 aliphatic heterocycles. The molecule has 66 valence electrons. The van der Waals surface area contributed by atoms with Crippen LogP contribution in [0.25, 0.3) is 0 Å². The van der Waals surface area contributed by atoms with E-state index in [1.165, 1.54) is 0 Å². The number of methoxy groups -OCH3 is 1. The van der Waals surface area contributed by atoms with E-state index in [1.54, 1.807) is 13.2 Å². The van der Waals surface area contributed by atoms with Crippen molar-refractivity contribution < 1.29 is 9.84 Å². The molecule has 0 radical (unpaired) electrons. The molecule has 0 atom stereocenters. The quantitative estimate of drug-likeness (QED) is 0.782. The molecule has 1 aromatic rings. The summed E-state index contributed by atoms with van der Waals surface area (Å²) in [7, 11) is 1.62. The van der Waals surface area contributed by atoms with Crippen molar-refractivity contribution in [2.45, 2.75) is 13.2 Å². The van der Waals surface area contributed by atoms with Crippen LogP contribution in [0.5, 0.6) is 0 Å². The van der Waals surface area contributed by atoms with Gasteiger partial charge in [-0.3, -0.25) is 0 Å². The molecular weight excluding hydrogens is 176 g/mol. The summed E-state index contributed by atoms with van der Waals surface area (Å²) < 4.78 is 4.94. The smallest absolute Gasteiger partial charge is 0.0727 e. The number of benzene rings is 1. The molecule has 12 heavy (non-hydrogen) atoms. The van der Waals surface area contributed by atoms with Gasteiger partial charge in [-0.2, -0.15) is 0 Å². The first-order valence-electron chi connectivity index (χ1n) is 3.65. The summed E-state index contributed by atoms with van der Waals surface area (Å²) in [6.07, 6.45) is 0. The first-order chi connectivity index (χ1) is 5.77. The molecular formula is C9H11ClO2. The Labute approximate surface area is 76.7 Å². The molecule has 0 aromatic heterocycles. The number of rotatable bonds is 3. The van der Waals surface area contributed by atoms with Gasteiger partial charge < -0.3 is 9.84 Å². The van der Waals surface area contributed by atoms with Crippen LogP contribution in [0.4, 0.5) is 0 Å². The van der Waals surface area contributed by atoms with E-state index in [-0.39, 0.29) is 6.61 Å². The Kier molecular flexibility index (Phi) is 3.53. The van der Waals surface area contributed by atoms with Gasteiger partial charge in [0, 0.05) is 12.1 Å². The minimum Gasteiger partial charge on any atom is -0.392 e. The second kappa shape index (κ2) is 4.45. The maximum absolute atomic E-state index is 8.79. The molecule has 0 saturated carbocycles. The molecule has 0 saturated heterocycles. The Morgan fingerprint density at radius 2 is 2.25 bits per heavy atom. The van der Waals surface area contributed by atoms with Crippen molar-refractivity contribution in [3.05, 3.63) is 34.3 Å². The fourth-order valence-corrected chi connectivity index (χ4v) is 1.22. The van der Waals surface area contributed by atoms with Crippen LogP contribution >= 0.6 is 11.6 Å². The normalized spacial score (nSPS) is 10.2. The number of aliphatic hydroxyl groups is 1. The molecule has 0 fully saturated rings. The van der Waals surface area contributed by atoms with E-state index in [4.69, 9.17) is 21.4 Å². The summed E-state index contributed by atoms with van der Waals surface area (Å²) in [5, 5.41) is 9.43. The summed E-state index contributed by atoms with van der Waals surface area (Å²) in [4.78, 5) is 0. The fraction of sp³-hybridized carbons (Fsp3) is 0.333. The molecule has 0 heterocycles. The van der Waals surface area contributed by atoms with Crippen LogP contribution in [0, 0.1) is 0 Å². The number of hydrogen-bond acceptors (Lipinski definition) is 2. The number of halogens is 1. The van der Waals surface area contributed by atoms with Crippen LogP contribution in [0.3, 0.4) is 0 Å². The zero-order chi connectivity index (χ0) is 8.97. The fourth-order valence-electron chi connectivity index (χ4n) is 0.962. The number of ether oxygens (including phenoxy) is 1. The minimum atomic E-state index is 0.0208. The van der Waals surface area contributed by atoms with Crippen LogP contribution < -0.4 is 0 Å². The summed E-state index contributed by atoms with van der Waals surface area (Å²) in [5.41, 5.74) is 1.76. The first kappa shape index (κ1) is 9.52. The standard InChI is InChI=1S/C9H11ClO2/c1-12-6-8-3-2-7(5-11)4-9(8)10/h2-4,11H,5-6H2,1H3. The average Bonchev–Trinajstić information content (AvgIpc) is 2.09. The highest BCUT2D eigenvalue weighted by atomic mass is 35.5. The third-order valence-corrected chi connectivity index (χ3v) is 1.95. The lowest BCUT2D eigenvalue weighted by molar-refractivity contribution is 0.185. The van der Waals surface area contributed by atoms with E-state index >= 15 is 0 Å². The Morgan fingerprint density at radius 3 is 2.75 bits per heavy atom. The summed E-state index contributed by atoms with van der Waals surface area (Å²) >= 11 is 5.90. The lowest BCUT2D eigenvalue weighted by Gasteiger charge is -2.03. The third-order valence-electron chi connectivity index (χ3n) is 1.60. The average molecular weight is 187 g/mol. The second-order valence-electron chi connectivity index (χ2n) is 2.52. The van der Waals surface area contributed by atoms with Gasteiger partial charge in [0.1, 0.15) is 0 Å². The van der Waals surface area contributed by atoms with Gasteiger partial charge in [-0.1, -0.05) is 23.7 Å². The van der Waals surface area contributed by atoms with Crippen LogP contribution in [0.15, 0.2) is 18.2 Å². The van der Waals surface area contributed by atoms with Gasteiger partial charge in [0.05, 0.1) is 13.2 Å². The molecule has 1 aromatic carbocycles. The highest BCUT2D eigenvalue weighted by Crippen LogP contribution is 2.18. The summed E-state index contributed by atoms with van der Waals surface area (Å²) in [6, 6.07) is 5.44. The molecule has 0 unspecified atom stereocenters. The maximum Gasteiger partial charge on any atom is 0.0727 e. The lowest BCUT2D eigenvalue weighted by Crippen LogP contribution is -1.90. The predicted molar refractivity (Wildman–Crippen MR) is 48.1 cm³/mol. The Hall–Kier alpha value is -0.570. The SMILES string of the molecule is COCc1ccc(CO)cc1Cl. The molecule has 3 heteroatoms. The summed E-state index contributed by atoms with van der Waals surface area (Å²) in [5.74, 6) is 0. The van der Waals surface area contributed by atoms with Crippen molar-refractivity contribution in [3.63, 3.8) is 0 Å². The topological polar surface area (TPSA) is 29.5 Å². The Morgan fingerprint density at radius 1 is 1.50 bits per heavy atom. The Balaban J connectivity index is 2.87. The van der Waals surface area contributed by atoms with E-state index in [9.17, 15) is 0 Å². The van der Waals surface area contributed by atoms with E-state index in [2.05, 4.69) is 0 Å². The highest BCUT2D eigenvalue weighted by molar-refractivity contribution is 6.31. The third kappa shape index (κ3) is 2.21. The Bertz CT molecular complexity index is 261. The molecule has 0 aliphatic rings. The van der Waals surface area contributed by atoms with Crippen molar-refractivity contribution in [2.24, 2.45) is 0 Å². The highest BCUT2D eigenvalue weighted by Gasteiger charge is 2.00. The van der Waals surface area contributed by atoms with Crippen LogP contribution in [0.1, 0.15) is 11.1 Å². The zero-order valence-electron chi connectivity index (χ0n) is 6.88. The van der Waals surface area contributed by atoms with Gasteiger partial charge in [0.2, 0.25) is 0 Å². The first-order valence-corrected chi connectivity index (χ1v) is 4.03. The van der Waals surface area contributed by atoms with Gasteiger partial charge in [-0.05, 0) is 17.2 Å². The van der Waals surface area contributed by atoms with Crippen molar-refractivity contribution in [1.29, 1.82) is 0 Å². The second-order valence-corrected chi connectivity index (χ2v) is 2.92. The molecule has 0 amide bonds. The van der Waals surface area contributed by atoms with E-state index in [0.29, 0.717) is 11.6 Å². The van der Waals surface area contributed by atoms with Crippen LogP contribution in [0.2, 0.25) is 5.02 Å². The monoisotopic (exact) mass is 186 g/mol. The van der Waals surface area contributed by atoms with Crippen molar-refractivity contribution in [3.8, 4) is 0 Å². The van der Waals surface area contributed by atoms with Crippen LogP contribution in [-0.4, -0.2) is 12.2 Å². The van der Waals surface area contributed by atoms with Crippen molar-refractivity contribution in [2.75, 3.05) is 7.11 Å². The van der Waals surface area contributed by atoms with E-state index in [0.717, 1.165) is 11.1 Å². The maximum atomic E-state index is 8.79. The molecule has 1 N–H and O–H groups in total. The van der Waals surface area contributed by atoms with Gasteiger partial charge in [0.15, 0.2) is 0 Å². The molecule has 0 spiro atoms. The van der Waals surface area contributed by atoms with Gasteiger partial charge in [-0.25, -0.2) is 0 Å². The van der Waals surface area contributed by atoms with Gasteiger partial charge in [-0.15, -0.1) is 0 Å². The van der Waals surface area contributed by atoms with Crippen molar-refractivity contribution in [1.82, 2.24) is 0 Å². The largest absolute Gasteiger partial charge is 0.392 e. The van der Waals surface area contributed by atoms with Crippen molar-refractivity contribution >= 4 is 11.6 Å². The number of aliphatic hydroxyl groups excluding tert-OH is 1. The number of hydrogen-bond donors (Lipinski definition) is 1. The predicted octanol–water partition coefficient (Wildman–Crippen LogP) is 1.98. The van der Waals surface area contributed by atoms with E-state index < -0.39 is 0 Å². The van der Waals surface area contributed by atoms with Gasteiger partial charge >= 0.3 is 0 Å². The summed E-state index contributed by atoms with van der Waals surface area (Å²) in [6.45, 7) is 0.525.